The lowest BCUT2D eigenvalue weighted by molar-refractivity contribution is 1.07. The molecule has 258 valence electrons. The quantitative estimate of drug-likeness (QED) is 0.165. The topological polar surface area (TPSA) is 69.4 Å². The van der Waals surface area contributed by atoms with Crippen LogP contribution in [-0.2, 0) is 0 Å². The molecule has 0 saturated heterocycles. The van der Waals surface area contributed by atoms with Crippen molar-refractivity contribution in [2.24, 2.45) is 0 Å². The fourth-order valence-electron chi connectivity index (χ4n) is 7.30. The molecule has 0 radical (unpaired) electrons. The molecule has 6 heteroatoms. The van der Waals surface area contributed by atoms with E-state index < -0.39 is 0 Å². The van der Waals surface area contributed by atoms with E-state index in [4.69, 9.17) is 24.9 Å². The highest BCUT2D eigenvalue weighted by Crippen LogP contribution is 2.38. The number of fused-ring (bicyclic) bond motifs is 2. The van der Waals surface area contributed by atoms with Crippen molar-refractivity contribution in [2.75, 3.05) is 0 Å². The van der Waals surface area contributed by atoms with Crippen molar-refractivity contribution in [3.63, 3.8) is 0 Å². The highest BCUT2D eigenvalue weighted by molar-refractivity contribution is 6.05. The van der Waals surface area contributed by atoms with E-state index in [2.05, 4.69) is 120 Å². The minimum absolute atomic E-state index is 0.633. The molecule has 0 aliphatic rings. The van der Waals surface area contributed by atoms with Gasteiger partial charge in [-0.3, -0.25) is 9.55 Å². The Bertz CT molecular complexity index is 2900. The Morgan fingerprint density at radius 2 is 0.855 bits per heavy atom. The summed E-state index contributed by atoms with van der Waals surface area (Å²) in [5.74, 6) is 2.73. The van der Waals surface area contributed by atoms with Crippen molar-refractivity contribution in [1.82, 2.24) is 29.5 Å². The number of rotatable bonds is 7. The smallest absolute Gasteiger partial charge is 0.164 e. The Kier molecular flexibility index (Phi) is 8.04. The summed E-state index contributed by atoms with van der Waals surface area (Å²) in [4.78, 5) is 24.6. The van der Waals surface area contributed by atoms with E-state index >= 15 is 0 Å². The van der Waals surface area contributed by atoms with Crippen LogP contribution in [0.4, 0.5) is 0 Å². The summed E-state index contributed by atoms with van der Waals surface area (Å²) in [5.41, 5.74) is 11.1. The van der Waals surface area contributed by atoms with Crippen LogP contribution < -0.4 is 0 Å². The average molecular weight is 705 g/mol. The minimum Gasteiger partial charge on any atom is -0.291 e. The third kappa shape index (κ3) is 6.02. The normalized spacial score (nSPS) is 11.3. The Hall–Kier alpha value is -7.57. The van der Waals surface area contributed by atoms with Crippen LogP contribution in [0.3, 0.4) is 0 Å². The predicted octanol–water partition coefficient (Wildman–Crippen LogP) is 11.8. The monoisotopic (exact) mass is 704 g/mol. The first-order chi connectivity index (χ1) is 27.3. The van der Waals surface area contributed by atoms with Crippen molar-refractivity contribution in [3.8, 4) is 73.6 Å². The molecule has 0 atom stereocenters. The van der Waals surface area contributed by atoms with Gasteiger partial charge in [0.05, 0.1) is 11.0 Å². The molecule has 3 aromatic heterocycles. The molecule has 0 spiro atoms. The summed E-state index contributed by atoms with van der Waals surface area (Å²) >= 11 is 0. The van der Waals surface area contributed by atoms with Crippen molar-refractivity contribution in [1.29, 1.82) is 0 Å². The molecule has 0 aliphatic carbocycles. The zero-order chi connectivity index (χ0) is 36.6. The van der Waals surface area contributed by atoms with Crippen molar-refractivity contribution < 1.29 is 0 Å². The first kappa shape index (κ1) is 32.1. The molecule has 0 unspecified atom stereocenters. The van der Waals surface area contributed by atoms with Crippen LogP contribution in [0.2, 0.25) is 0 Å². The average Bonchev–Trinajstić information content (AvgIpc) is 3.67. The van der Waals surface area contributed by atoms with Crippen LogP contribution in [-0.4, -0.2) is 29.5 Å². The third-order valence-corrected chi connectivity index (χ3v) is 9.95. The second-order valence-electron chi connectivity index (χ2n) is 13.3. The fourth-order valence-corrected chi connectivity index (χ4v) is 7.30. The lowest BCUT2D eigenvalue weighted by Gasteiger charge is -2.14. The number of aromatic nitrogens is 6. The summed E-state index contributed by atoms with van der Waals surface area (Å²) in [7, 11) is 0. The lowest BCUT2D eigenvalue weighted by Crippen LogP contribution is -2.00. The summed E-state index contributed by atoms with van der Waals surface area (Å²) in [6, 6.07) is 64.5. The Morgan fingerprint density at radius 3 is 1.47 bits per heavy atom. The van der Waals surface area contributed by atoms with Gasteiger partial charge in [-0.2, -0.15) is 0 Å². The van der Waals surface area contributed by atoms with E-state index in [9.17, 15) is 0 Å². The number of pyridine rings is 1. The maximum atomic E-state index is 5.07. The van der Waals surface area contributed by atoms with Gasteiger partial charge in [-0.1, -0.05) is 152 Å². The van der Waals surface area contributed by atoms with E-state index in [1.165, 1.54) is 5.39 Å². The number of hydrogen-bond acceptors (Lipinski definition) is 5. The summed E-state index contributed by atoms with van der Waals surface area (Å²) < 4.78 is 2.19. The molecular weight excluding hydrogens is 673 g/mol. The van der Waals surface area contributed by atoms with Crippen LogP contribution in [0, 0.1) is 0 Å². The fraction of sp³-hybridized carbons (Fsp3) is 0. The molecule has 7 aromatic carbocycles. The molecule has 0 bridgehead atoms. The van der Waals surface area contributed by atoms with Gasteiger partial charge in [-0.25, -0.2) is 19.9 Å². The summed E-state index contributed by atoms with van der Waals surface area (Å²) in [6.07, 6.45) is 1.88. The van der Waals surface area contributed by atoms with Crippen LogP contribution in [0.25, 0.3) is 95.4 Å². The van der Waals surface area contributed by atoms with Crippen molar-refractivity contribution >= 4 is 21.8 Å². The van der Waals surface area contributed by atoms with Crippen LogP contribution in [0.15, 0.2) is 194 Å². The molecule has 0 fully saturated rings. The van der Waals surface area contributed by atoms with Gasteiger partial charge in [0.15, 0.2) is 23.3 Å². The number of hydrogen-bond donors (Lipinski definition) is 0. The van der Waals surface area contributed by atoms with Gasteiger partial charge in [-0.15, -0.1) is 0 Å². The van der Waals surface area contributed by atoms with Gasteiger partial charge < -0.3 is 0 Å². The van der Waals surface area contributed by atoms with E-state index in [0.29, 0.717) is 17.5 Å². The van der Waals surface area contributed by atoms with Crippen molar-refractivity contribution in [3.05, 3.63) is 194 Å². The van der Waals surface area contributed by atoms with Gasteiger partial charge in [0.25, 0.3) is 0 Å². The van der Waals surface area contributed by atoms with E-state index in [-0.39, 0.29) is 0 Å². The third-order valence-electron chi connectivity index (χ3n) is 9.95. The largest absolute Gasteiger partial charge is 0.291 e. The molecule has 0 N–H and O–H groups in total. The van der Waals surface area contributed by atoms with Crippen LogP contribution >= 0.6 is 0 Å². The van der Waals surface area contributed by atoms with Gasteiger partial charge in [0, 0.05) is 28.6 Å². The van der Waals surface area contributed by atoms with E-state index in [1.807, 2.05) is 79.0 Å². The first-order valence-electron chi connectivity index (χ1n) is 18.3. The number of para-hydroxylation sites is 3. The molecule has 10 rings (SSSR count). The highest BCUT2D eigenvalue weighted by atomic mass is 15.1. The maximum Gasteiger partial charge on any atom is 0.164 e. The Labute approximate surface area is 318 Å². The minimum atomic E-state index is 0.633. The first-order valence-corrected chi connectivity index (χ1v) is 18.3. The maximum absolute atomic E-state index is 5.07. The molecule has 55 heavy (non-hydrogen) atoms. The second kappa shape index (κ2) is 13.8. The van der Waals surface area contributed by atoms with Gasteiger partial charge in [0.2, 0.25) is 0 Å². The second-order valence-corrected chi connectivity index (χ2v) is 13.3. The molecule has 3 heterocycles. The molecular formula is C49H32N6. The molecule has 6 nitrogen and oxygen atoms in total. The highest BCUT2D eigenvalue weighted by Gasteiger charge is 2.18. The predicted molar refractivity (Wildman–Crippen MR) is 222 cm³/mol. The molecule has 10 aromatic rings. The van der Waals surface area contributed by atoms with Gasteiger partial charge in [0.1, 0.15) is 5.69 Å². The molecule has 0 saturated carbocycles. The van der Waals surface area contributed by atoms with Crippen LogP contribution in [0.5, 0.6) is 0 Å². The Balaban J connectivity index is 1.03. The summed E-state index contributed by atoms with van der Waals surface area (Å²) in [6.45, 7) is 0. The SMILES string of the molecule is c1ccc(-c2nc(-c3ccccc3)nc(-c3ccc(-c4ccc(-c5ccnc(-c6nc7ccccc7n6-c6ccccc6)c5)c5ccccc45)cc3)n2)cc1. The van der Waals surface area contributed by atoms with Crippen LogP contribution in [0.1, 0.15) is 0 Å². The van der Waals surface area contributed by atoms with Gasteiger partial charge >= 0.3 is 0 Å². The number of benzene rings is 7. The zero-order valence-corrected chi connectivity index (χ0v) is 29.7. The summed E-state index contributed by atoms with van der Waals surface area (Å²) in [5, 5.41) is 2.33. The van der Waals surface area contributed by atoms with E-state index in [0.717, 1.165) is 72.6 Å². The number of nitrogens with zero attached hydrogens (tertiary/aromatic N) is 6. The van der Waals surface area contributed by atoms with Gasteiger partial charge in [-0.05, 0) is 69.4 Å². The molecule has 0 aliphatic heterocycles. The van der Waals surface area contributed by atoms with Crippen molar-refractivity contribution in [2.45, 2.75) is 0 Å². The van der Waals surface area contributed by atoms with E-state index in [1.54, 1.807) is 0 Å². The molecule has 0 amide bonds. The lowest BCUT2D eigenvalue weighted by atomic mass is 9.92. The zero-order valence-electron chi connectivity index (χ0n) is 29.7. The standard InChI is InChI=1S/C49H32N6/c1-4-14-34(15-5-1)46-52-47(35-16-6-2-7-17-35)54-48(53-46)36-26-24-33(25-27-36)39-28-29-40(42-21-11-10-20-41(39)42)37-30-31-50-44(32-37)49-51-43-22-12-13-23-45(43)55(49)38-18-8-3-9-19-38/h1-32H. The Morgan fingerprint density at radius 1 is 0.364 bits per heavy atom. The number of imidazole rings is 1.